The van der Waals surface area contributed by atoms with Gasteiger partial charge in [-0.2, -0.15) is 0 Å². The molecule has 0 aromatic carbocycles. The smallest absolute Gasteiger partial charge is 0.462 e. The molecule has 0 fully saturated rings. The number of hydrogen-bond acceptors (Lipinski definition) is 15. The third kappa shape index (κ3) is 78.2. The van der Waals surface area contributed by atoms with Crippen LogP contribution in [0.1, 0.15) is 458 Å². The number of aliphatic hydroxyl groups excluding tert-OH is 1. The Kier molecular flexibility index (Phi) is 76.3. The standard InChI is InChI=1S/C85H166O17P2/c1-6-9-12-15-18-21-23-25-27-29-30-31-32-33-37-42-46-51-56-61-66-71-85(90)102-81(75-96-83(88)69-64-59-54-49-44-40-38-34-35-39-43-48-52-57-62-67-78(4)5)77-100-104(93,94)98-73-79(86)72-97-103(91,92)99-76-80(74-95-82(87)68-63-58-53-47-20-17-14-11-8-3)101-84(89)70-65-60-55-50-45-41-36-28-26-24-22-19-16-13-10-7-2/h78-81,86H,6-77H2,1-5H3,(H,91,92)(H,93,94)/t79-,80+,81+/m0/s1. The van der Waals surface area contributed by atoms with Crippen molar-refractivity contribution in [1.82, 2.24) is 0 Å². The first kappa shape index (κ1) is 102. The van der Waals surface area contributed by atoms with E-state index < -0.39 is 97.5 Å². The van der Waals surface area contributed by atoms with E-state index in [4.69, 9.17) is 37.0 Å². The highest BCUT2D eigenvalue weighted by molar-refractivity contribution is 7.47. The Labute approximate surface area is 638 Å². The molecular formula is C85H166O17P2. The van der Waals surface area contributed by atoms with Crippen LogP contribution in [0.2, 0.25) is 0 Å². The van der Waals surface area contributed by atoms with Gasteiger partial charge in [-0.3, -0.25) is 37.3 Å². The molecule has 2 unspecified atom stereocenters. The van der Waals surface area contributed by atoms with E-state index in [0.717, 1.165) is 95.8 Å². The molecule has 19 heteroatoms. The Morgan fingerprint density at radius 2 is 0.442 bits per heavy atom. The van der Waals surface area contributed by atoms with Crippen molar-refractivity contribution in [3.8, 4) is 0 Å². The lowest BCUT2D eigenvalue weighted by Crippen LogP contribution is -2.30. The first-order valence-corrected chi connectivity index (χ1v) is 47.1. The second-order valence-electron chi connectivity index (χ2n) is 31.1. The fourth-order valence-electron chi connectivity index (χ4n) is 13.3. The maximum absolute atomic E-state index is 13.1. The van der Waals surface area contributed by atoms with Gasteiger partial charge in [-0.25, -0.2) is 9.13 Å². The zero-order valence-corrected chi connectivity index (χ0v) is 70.0. The van der Waals surface area contributed by atoms with Crippen molar-refractivity contribution in [2.75, 3.05) is 39.6 Å². The third-order valence-electron chi connectivity index (χ3n) is 20.0. The fraction of sp³-hybridized carbons (Fsp3) is 0.953. The molecule has 0 aliphatic carbocycles. The lowest BCUT2D eigenvalue weighted by atomic mass is 10.0. The topological polar surface area (TPSA) is 237 Å². The van der Waals surface area contributed by atoms with Crippen LogP contribution >= 0.6 is 15.6 Å². The molecule has 0 radical (unpaired) electrons. The van der Waals surface area contributed by atoms with Gasteiger partial charge in [0.15, 0.2) is 12.2 Å². The summed E-state index contributed by atoms with van der Waals surface area (Å²) in [5, 5.41) is 10.7. The van der Waals surface area contributed by atoms with Gasteiger partial charge in [0.05, 0.1) is 26.4 Å². The minimum absolute atomic E-state index is 0.109. The molecule has 3 N–H and O–H groups in total. The number of esters is 4. The minimum atomic E-state index is -4.96. The van der Waals surface area contributed by atoms with E-state index in [-0.39, 0.29) is 25.7 Å². The number of ether oxygens (including phenoxy) is 4. The highest BCUT2D eigenvalue weighted by Crippen LogP contribution is 2.45. The number of aliphatic hydroxyl groups is 1. The molecule has 618 valence electrons. The zero-order chi connectivity index (χ0) is 76.2. The van der Waals surface area contributed by atoms with Crippen molar-refractivity contribution in [2.45, 2.75) is 477 Å². The van der Waals surface area contributed by atoms with E-state index in [0.29, 0.717) is 25.7 Å². The summed E-state index contributed by atoms with van der Waals surface area (Å²) < 4.78 is 68.8. The number of phosphoric ester groups is 2. The van der Waals surface area contributed by atoms with Gasteiger partial charge in [-0.05, 0) is 31.6 Å². The van der Waals surface area contributed by atoms with Gasteiger partial charge in [0.2, 0.25) is 0 Å². The summed E-state index contributed by atoms with van der Waals surface area (Å²) in [5.74, 6) is -1.30. The Balaban J connectivity index is 5.20. The van der Waals surface area contributed by atoms with Crippen molar-refractivity contribution in [3.63, 3.8) is 0 Å². The van der Waals surface area contributed by atoms with E-state index in [1.807, 2.05) is 0 Å². The number of hydrogen-bond donors (Lipinski definition) is 3. The molecular weight excluding hydrogens is 1350 g/mol. The molecule has 0 aliphatic heterocycles. The predicted octanol–water partition coefficient (Wildman–Crippen LogP) is 26.0. The summed E-state index contributed by atoms with van der Waals surface area (Å²) in [4.78, 5) is 73.1. The van der Waals surface area contributed by atoms with Crippen molar-refractivity contribution < 1.29 is 80.2 Å². The molecule has 0 heterocycles. The Morgan fingerprint density at radius 3 is 0.654 bits per heavy atom. The first-order chi connectivity index (χ1) is 50.5. The molecule has 104 heavy (non-hydrogen) atoms. The molecule has 17 nitrogen and oxygen atoms in total. The monoisotopic (exact) mass is 1520 g/mol. The Morgan fingerprint density at radius 1 is 0.260 bits per heavy atom. The van der Waals surface area contributed by atoms with Gasteiger partial charge in [0, 0.05) is 25.7 Å². The third-order valence-corrected chi connectivity index (χ3v) is 21.9. The van der Waals surface area contributed by atoms with Crippen molar-refractivity contribution in [1.29, 1.82) is 0 Å². The molecule has 0 saturated carbocycles. The number of unbranched alkanes of at least 4 members (excludes halogenated alkanes) is 57. The van der Waals surface area contributed by atoms with Crippen LogP contribution in [0.5, 0.6) is 0 Å². The van der Waals surface area contributed by atoms with Gasteiger partial charge in [-0.15, -0.1) is 0 Å². The molecule has 0 bridgehead atoms. The lowest BCUT2D eigenvalue weighted by molar-refractivity contribution is -0.161. The maximum Gasteiger partial charge on any atom is 0.472 e. The van der Waals surface area contributed by atoms with Gasteiger partial charge in [-0.1, -0.05) is 407 Å². The molecule has 0 aliphatic rings. The van der Waals surface area contributed by atoms with E-state index >= 15 is 0 Å². The van der Waals surface area contributed by atoms with Gasteiger partial charge < -0.3 is 33.8 Å². The van der Waals surface area contributed by atoms with Crippen LogP contribution in [0.25, 0.3) is 0 Å². The van der Waals surface area contributed by atoms with Crippen molar-refractivity contribution in [3.05, 3.63) is 0 Å². The Bertz CT molecular complexity index is 1980. The summed E-state index contributed by atoms with van der Waals surface area (Å²) in [6.07, 6.45) is 70.9. The van der Waals surface area contributed by atoms with Crippen LogP contribution in [0, 0.1) is 5.92 Å². The molecule has 5 atom stereocenters. The summed E-state index contributed by atoms with van der Waals surface area (Å²) in [6.45, 7) is 7.37. The SMILES string of the molecule is CCCCCCCCCCCCCCCCCCCCCCCC(=O)O[C@H](COC(=O)CCCCCCCCCCCCCCCCCC(C)C)COP(=O)(O)OC[C@@H](O)COP(=O)(O)OC[C@@H](COC(=O)CCCCCCCCCCC)OC(=O)CCCCCCCCCCCCCCCCCC. The second-order valence-corrected chi connectivity index (χ2v) is 34.0. The van der Waals surface area contributed by atoms with Crippen LogP contribution < -0.4 is 0 Å². The summed E-state index contributed by atoms with van der Waals surface area (Å²) in [5.41, 5.74) is 0. The summed E-state index contributed by atoms with van der Waals surface area (Å²) >= 11 is 0. The highest BCUT2D eigenvalue weighted by atomic mass is 31.2. The Hall–Kier alpha value is -1.94. The second kappa shape index (κ2) is 77.8. The average Bonchev–Trinajstić information content (AvgIpc) is 0.947. The van der Waals surface area contributed by atoms with Gasteiger partial charge in [0.1, 0.15) is 19.3 Å². The number of carbonyl (C=O) groups is 4. The molecule has 0 rings (SSSR count). The van der Waals surface area contributed by atoms with Crippen molar-refractivity contribution in [2.24, 2.45) is 5.92 Å². The lowest BCUT2D eigenvalue weighted by Gasteiger charge is -2.21. The van der Waals surface area contributed by atoms with Crippen LogP contribution in [-0.4, -0.2) is 96.7 Å². The highest BCUT2D eigenvalue weighted by Gasteiger charge is 2.30. The van der Waals surface area contributed by atoms with Gasteiger partial charge >= 0.3 is 39.5 Å². The number of carbonyl (C=O) groups excluding carboxylic acids is 4. The largest absolute Gasteiger partial charge is 0.472 e. The predicted molar refractivity (Wildman–Crippen MR) is 428 cm³/mol. The number of phosphoric acid groups is 2. The number of rotatable bonds is 85. The molecule has 0 aromatic heterocycles. The van der Waals surface area contributed by atoms with E-state index in [1.165, 1.54) is 283 Å². The van der Waals surface area contributed by atoms with Crippen LogP contribution in [0.4, 0.5) is 0 Å². The molecule has 0 spiro atoms. The summed E-state index contributed by atoms with van der Waals surface area (Å²) in [6, 6.07) is 0. The zero-order valence-electron chi connectivity index (χ0n) is 68.2. The van der Waals surface area contributed by atoms with Crippen molar-refractivity contribution >= 4 is 39.5 Å². The molecule has 0 aromatic rings. The van der Waals surface area contributed by atoms with Gasteiger partial charge in [0.25, 0.3) is 0 Å². The van der Waals surface area contributed by atoms with Crippen LogP contribution in [-0.2, 0) is 65.4 Å². The van der Waals surface area contributed by atoms with Crippen LogP contribution in [0.3, 0.4) is 0 Å². The quantitative estimate of drug-likeness (QED) is 0.0222. The average molecular weight is 1520 g/mol. The first-order valence-electron chi connectivity index (χ1n) is 44.1. The fourth-order valence-corrected chi connectivity index (χ4v) is 14.9. The minimum Gasteiger partial charge on any atom is -0.462 e. The molecule has 0 saturated heterocycles. The van der Waals surface area contributed by atoms with Crippen LogP contribution in [0.15, 0.2) is 0 Å². The summed E-state index contributed by atoms with van der Waals surface area (Å²) in [7, 11) is -9.92. The molecule has 0 amide bonds. The van der Waals surface area contributed by atoms with E-state index in [2.05, 4.69) is 34.6 Å². The maximum atomic E-state index is 13.1. The normalized spacial score (nSPS) is 13.8. The van der Waals surface area contributed by atoms with E-state index in [1.54, 1.807) is 0 Å². The van der Waals surface area contributed by atoms with E-state index in [9.17, 15) is 43.2 Å².